The smallest absolute Gasteiger partial charge is 0.406 e. The van der Waals surface area contributed by atoms with Crippen molar-refractivity contribution in [2.24, 2.45) is 0 Å². The molecule has 0 aliphatic rings. The minimum absolute atomic E-state index is 0.0273. The zero-order chi connectivity index (χ0) is 13.3. The maximum atomic E-state index is 13.6. The Morgan fingerprint density at radius 2 is 2.06 bits per heavy atom. The van der Waals surface area contributed by atoms with Crippen LogP contribution in [0.25, 0.3) is 11.3 Å². The lowest BCUT2D eigenvalue weighted by Gasteiger charge is -2.01. The van der Waals surface area contributed by atoms with Crippen molar-refractivity contribution >= 4 is 17.4 Å². The highest BCUT2D eigenvalue weighted by Gasteiger charge is 2.19. The molecule has 1 heterocycles. The third kappa shape index (κ3) is 2.23. The summed E-state index contributed by atoms with van der Waals surface area (Å²) in [6.45, 7) is 0. The summed E-state index contributed by atoms with van der Waals surface area (Å²) in [4.78, 5) is 13.4. The van der Waals surface area contributed by atoms with E-state index in [1.807, 2.05) is 0 Å². The van der Waals surface area contributed by atoms with Gasteiger partial charge in [0.1, 0.15) is 5.82 Å². The molecule has 0 atom stereocenters. The molecule has 2 aromatic rings. The van der Waals surface area contributed by atoms with Gasteiger partial charge in [0.15, 0.2) is 5.69 Å². The maximum absolute atomic E-state index is 13.6. The number of halogens is 2. The van der Waals surface area contributed by atoms with E-state index in [4.69, 9.17) is 11.6 Å². The molecule has 18 heavy (non-hydrogen) atoms. The van der Waals surface area contributed by atoms with Crippen molar-refractivity contribution in [3.63, 3.8) is 0 Å². The molecule has 0 fully saturated rings. The van der Waals surface area contributed by atoms with Gasteiger partial charge in [0.05, 0.1) is 5.56 Å². The molecule has 0 unspecified atom stereocenters. The van der Waals surface area contributed by atoms with E-state index in [2.05, 4.69) is 4.98 Å². The van der Waals surface area contributed by atoms with Gasteiger partial charge in [-0.1, -0.05) is 11.6 Å². The van der Waals surface area contributed by atoms with Crippen LogP contribution in [0.5, 0.6) is 5.75 Å². The largest absolute Gasteiger partial charge is 0.501 e. The average molecular weight is 269 g/mol. The van der Waals surface area contributed by atoms with Crippen molar-refractivity contribution < 1.29 is 14.4 Å². The second-order valence-corrected chi connectivity index (χ2v) is 3.86. The highest BCUT2D eigenvalue weighted by molar-refractivity contribution is 6.30. The van der Waals surface area contributed by atoms with Crippen molar-refractivity contribution in [2.45, 2.75) is 0 Å². The third-order valence-electron chi connectivity index (χ3n) is 2.23. The lowest BCUT2D eigenvalue weighted by Crippen LogP contribution is -1.95. The maximum Gasteiger partial charge on any atom is 0.406 e. The fraction of sp³-hybridized carbons (Fsp3) is 0. The van der Waals surface area contributed by atoms with Crippen molar-refractivity contribution in [1.82, 2.24) is 4.98 Å². The van der Waals surface area contributed by atoms with Gasteiger partial charge in [0.25, 0.3) is 0 Å². The first kappa shape index (κ1) is 12.3. The Balaban J connectivity index is 2.61. The minimum Gasteiger partial charge on any atom is -0.501 e. The molecule has 1 N–H and O–H groups in total. The number of nitro groups is 1. The molecule has 0 spiro atoms. The quantitative estimate of drug-likeness (QED) is 0.670. The van der Waals surface area contributed by atoms with Crippen molar-refractivity contribution in [3.8, 4) is 17.0 Å². The Morgan fingerprint density at radius 3 is 2.72 bits per heavy atom. The molecule has 7 heteroatoms. The van der Waals surface area contributed by atoms with Crippen LogP contribution in [0.4, 0.5) is 10.2 Å². The summed E-state index contributed by atoms with van der Waals surface area (Å²) in [6, 6.07) is 6.16. The number of rotatable bonds is 2. The molecule has 0 bridgehead atoms. The summed E-state index contributed by atoms with van der Waals surface area (Å²) in [7, 11) is 0. The van der Waals surface area contributed by atoms with Crippen LogP contribution in [-0.4, -0.2) is 15.0 Å². The van der Waals surface area contributed by atoms with Gasteiger partial charge in [0, 0.05) is 5.02 Å². The van der Waals surface area contributed by atoms with E-state index in [1.54, 1.807) is 0 Å². The van der Waals surface area contributed by atoms with Crippen LogP contribution in [0, 0.1) is 15.9 Å². The molecule has 0 aliphatic carbocycles. The Labute approximate surface area is 106 Å². The normalized spacial score (nSPS) is 10.3. The summed E-state index contributed by atoms with van der Waals surface area (Å²) in [6.07, 6.45) is 0. The Kier molecular flexibility index (Phi) is 3.12. The van der Waals surface area contributed by atoms with E-state index in [1.165, 1.54) is 18.2 Å². The van der Waals surface area contributed by atoms with Crippen LogP contribution in [0.3, 0.4) is 0 Å². The van der Waals surface area contributed by atoms with Gasteiger partial charge >= 0.3 is 5.82 Å². The molecular weight excluding hydrogens is 263 g/mol. The number of aromatic nitrogens is 1. The molecule has 0 amide bonds. The molecule has 5 nitrogen and oxygen atoms in total. The second kappa shape index (κ2) is 4.58. The van der Waals surface area contributed by atoms with E-state index in [9.17, 15) is 19.6 Å². The molecule has 0 saturated carbocycles. The van der Waals surface area contributed by atoms with E-state index in [-0.39, 0.29) is 16.3 Å². The third-order valence-corrected chi connectivity index (χ3v) is 2.47. The van der Waals surface area contributed by atoms with Gasteiger partial charge in [-0.25, -0.2) is 4.39 Å². The summed E-state index contributed by atoms with van der Waals surface area (Å²) in [5, 5.41) is 20.2. The molecule has 92 valence electrons. The first-order chi connectivity index (χ1) is 8.49. The molecule has 2 rings (SSSR count). The van der Waals surface area contributed by atoms with Gasteiger partial charge in [-0.15, -0.1) is 0 Å². The predicted molar refractivity (Wildman–Crippen MR) is 63.0 cm³/mol. The first-order valence-electron chi connectivity index (χ1n) is 4.79. The van der Waals surface area contributed by atoms with Crippen LogP contribution in [0.2, 0.25) is 5.02 Å². The number of nitrogens with zero attached hydrogens (tertiary/aromatic N) is 2. The van der Waals surface area contributed by atoms with Crippen molar-refractivity contribution in [3.05, 3.63) is 51.3 Å². The van der Waals surface area contributed by atoms with Crippen LogP contribution in [-0.2, 0) is 0 Å². The van der Waals surface area contributed by atoms with Crippen LogP contribution < -0.4 is 0 Å². The first-order valence-corrected chi connectivity index (χ1v) is 5.16. The highest BCUT2D eigenvalue weighted by Crippen LogP contribution is 2.30. The lowest BCUT2D eigenvalue weighted by molar-refractivity contribution is -0.390. The van der Waals surface area contributed by atoms with E-state index >= 15 is 0 Å². The molecular formula is C11H6ClFN2O3. The van der Waals surface area contributed by atoms with E-state index in [0.717, 1.165) is 12.1 Å². The van der Waals surface area contributed by atoms with Gasteiger partial charge in [0.2, 0.25) is 5.75 Å². The lowest BCUT2D eigenvalue weighted by atomic mass is 10.1. The standard InChI is InChI=1S/C11H6ClFN2O3/c12-6-1-2-8(13)7(5-6)9-3-4-10(16)11(14-9)15(17)18/h1-5,16H. The summed E-state index contributed by atoms with van der Waals surface area (Å²) >= 11 is 5.72. The Morgan fingerprint density at radius 1 is 1.33 bits per heavy atom. The number of hydrogen-bond donors (Lipinski definition) is 1. The van der Waals surface area contributed by atoms with Gasteiger partial charge < -0.3 is 15.2 Å². The minimum atomic E-state index is -0.846. The Bertz CT molecular complexity index is 634. The average Bonchev–Trinajstić information content (AvgIpc) is 2.33. The highest BCUT2D eigenvalue weighted by atomic mass is 35.5. The van der Waals surface area contributed by atoms with Crippen LogP contribution in [0.15, 0.2) is 30.3 Å². The summed E-state index contributed by atoms with van der Waals surface area (Å²) in [5.41, 5.74) is 0.0603. The van der Waals surface area contributed by atoms with E-state index in [0.29, 0.717) is 0 Å². The van der Waals surface area contributed by atoms with Gasteiger partial charge in [-0.05, 0) is 40.2 Å². The fourth-order valence-corrected chi connectivity index (χ4v) is 1.59. The number of benzene rings is 1. The van der Waals surface area contributed by atoms with Gasteiger partial charge in [-0.2, -0.15) is 0 Å². The van der Waals surface area contributed by atoms with E-state index < -0.39 is 22.3 Å². The zero-order valence-corrected chi connectivity index (χ0v) is 9.56. The fourth-order valence-electron chi connectivity index (χ4n) is 1.42. The topological polar surface area (TPSA) is 76.3 Å². The number of pyridine rings is 1. The number of aromatic hydroxyl groups is 1. The molecule has 0 radical (unpaired) electrons. The zero-order valence-electron chi connectivity index (χ0n) is 8.80. The van der Waals surface area contributed by atoms with Crippen molar-refractivity contribution in [1.29, 1.82) is 0 Å². The Hall–Kier alpha value is -2.21. The molecule has 0 aliphatic heterocycles. The second-order valence-electron chi connectivity index (χ2n) is 3.42. The SMILES string of the molecule is O=[N+]([O-])c1nc(-c2cc(Cl)ccc2F)ccc1O. The van der Waals surface area contributed by atoms with Gasteiger partial charge in [-0.3, -0.25) is 0 Å². The van der Waals surface area contributed by atoms with Crippen LogP contribution in [0.1, 0.15) is 0 Å². The van der Waals surface area contributed by atoms with Crippen LogP contribution >= 0.6 is 11.6 Å². The number of hydrogen-bond acceptors (Lipinski definition) is 4. The monoisotopic (exact) mass is 268 g/mol. The molecule has 1 aromatic carbocycles. The van der Waals surface area contributed by atoms with Crippen molar-refractivity contribution in [2.75, 3.05) is 0 Å². The summed E-state index contributed by atoms with van der Waals surface area (Å²) in [5.74, 6) is -1.91. The molecule has 0 saturated heterocycles. The predicted octanol–water partition coefficient (Wildman–Crippen LogP) is 3.15. The molecule has 1 aromatic heterocycles. The summed E-state index contributed by atoms with van der Waals surface area (Å²) < 4.78 is 13.6.